The summed E-state index contributed by atoms with van der Waals surface area (Å²) >= 11 is 0. The highest BCUT2D eigenvalue weighted by molar-refractivity contribution is 5.67. The minimum atomic E-state index is -0.646. The number of nitrogens with zero attached hydrogens (tertiary/aromatic N) is 2. The molecule has 0 aliphatic heterocycles. The van der Waals surface area contributed by atoms with Gasteiger partial charge in [-0.1, -0.05) is 0 Å². The van der Waals surface area contributed by atoms with Crippen LogP contribution in [-0.2, 0) is 4.74 Å². The zero-order valence-electron chi connectivity index (χ0n) is 4.71. The molecular weight excluding hydrogens is 108 g/mol. The van der Waals surface area contributed by atoms with Crippen molar-refractivity contribution < 1.29 is 9.53 Å². The highest BCUT2D eigenvalue weighted by atomic mass is 16.5. The molecule has 8 heavy (non-hydrogen) atoms. The third-order valence-electron chi connectivity index (χ3n) is 0.498. The van der Waals surface area contributed by atoms with Gasteiger partial charge in [0.15, 0.2) is 0 Å². The fraction of sp³-hybridized carbons (Fsp3) is 0.500. The Labute approximate surface area is 47.3 Å². The normalized spacial score (nSPS) is 7.12. The molecule has 0 aromatic rings. The molecule has 0 aliphatic rings. The topological polar surface area (TPSA) is 53.3 Å². The Morgan fingerprint density at radius 3 is 2.38 bits per heavy atom. The first kappa shape index (κ1) is 6.76. The Hall–Kier alpha value is -1.24. The van der Waals surface area contributed by atoms with Crippen molar-refractivity contribution in [2.75, 3.05) is 14.1 Å². The number of hydrogen-bond donors (Lipinski definition) is 0. The predicted molar refractivity (Wildman–Crippen MR) is 25.8 cm³/mol. The van der Waals surface area contributed by atoms with Crippen LogP contribution in [0, 0.1) is 11.5 Å². The standard InChI is InChI=1S/C4H6N2O2/c1-6(2)4(7)8-3-5/h1-2H3. The Morgan fingerprint density at radius 1 is 1.75 bits per heavy atom. The number of amides is 1. The average molecular weight is 114 g/mol. The number of rotatable bonds is 0. The van der Waals surface area contributed by atoms with Crippen molar-refractivity contribution in [3.8, 4) is 6.26 Å². The van der Waals surface area contributed by atoms with Gasteiger partial charge in [-0.3, -0.25) is 0 Å². The molecule has 0 heterocycles. The van der Waals surface area contributed by atoms with Crippen LogP contribution in [0.2, 0.25) is 0 Å². The van der Waals surface area contributed by atoms with Crippen molar-refractivity contribution in [1.82, 2.24) is 4.90 Å². The smallest absolute Gasteiger partial charge is 0.334 e. The Bertz CT molecular complexity index is 124. The maximum absolute atomic E-state index is 10.2. The van der Waals surface area contributed by atoms with Crippen molar-refractivity contribution in [2.24, 2.45) is 0 Å². The van der Waals surface area contributed by atoms with Crippen LogP contribution in [-0.4, -0.2) is 25.1 Å². The van der Waals surface area contributed by atoms with Gasteiger partial charge in [-0.25, -0.2) is 4.79 Å². The average Bonchev–Trinajstić information content (AvgIpc) is 1.67. The van der Waals surface area contributed by atoms with E-state index in [1.165, 1.54) is 25.3 Å². The second-order valence-electron chi connectivity index (χ2n) is 1.35. The molecule has 0 aromatic carbocycles. The Kier molecular flexibility index (Phi) is 2.41. The Morgan fingerprint density at radius 2 is 2.25 bits per heavy atom. The summed E-state index contributed by atoms with van der Waals surface area (Å²) in [6.45, 7) is 0. The van der Waals surface area contributed by atoms with E-state index in [1.54, 1.807) is 0 Å². The summed E-state index contributed by atoms with van der Waals surface area (Å²) in [5, 5.41) is 7.77. The van der Waals surface area contributed by atoms with Crippen molar-refractivity contribution in [3.05, 3.63) is 0 Å². The largest absolute Gasteiger partial charge is 0.424 e. The summed E-state index contributed by atoms with van der Waals surface area (Å²) in [7, 11) is 3.00. The fourth-order valence-corrected chi connectivity index (χ4v) is 0.130. The number of carbonyl (C=O) groups excluding carboxylic acids is 1. The number of nitriles is 1. The molecule has 0 saturated heterocycles. The van der Waals surface area contributed by atoms with Crippen LogP contribution < -0.4 is 0 Å². The van der Waals surface area contributed by atoms with Crippen LogP contribution in [0.25, 0.3) is 0 Å². The SMILES string of the molecule is CN(C)C(=O)OC#N. The Balaban J connectivity index is 3.53. The molecule has 0 radical (unpaired) electrons. The molecule has 0 aliphatic carbocycles. The quantitative estimate of drug-likeness (QED) is 0.421. The minimum absolute atomic E-state index is 0.646. The van der Waals surface area contributed by atoms with E-state index >= 15 is 0 Å². The second kappa shape index (κ2) is 2.86. The van der Waals surface area contributed by atoms with Crippen LogP contribution in [0.4, 0.5) is 4.79 Å². The maximum Gasteiger partial charge on any atom is 0.424 e. The van der Waals surface area contributed by atoms with Crippen molar-refractivity contribution in [2.45, 2.75) is 0 Å². The molecule has 44 valence electrons. The number of ether oxygens (including phenoxy) is 1. The highest BCUT2D eigenvalue weighted by Crippen LogP contribution is 1.80. The fourth-order valence-electron chi connectivity index (χ4n) is 0.130. The van der Waals surface area contributed by atoms with Gasteiger partial charge in [-0.2, -0.15) is 0 Å². The van der Waals surface area contributed by atoms with E-state index in [1.807, 2.05) is 0 Å². The van der Waals surface area contributed by atoms with Gasteiger partial charge in [0.1, 0.15) is 0 Å². The van der Waals surface area contributed by atoms with Crippen LogP contribution >= 0.6 is 0 Å². The van der Waals surface area contributed by atoms with E-state index in [4.69, 9.17) is 5.26 Å². The van der Waals surface area contributed by atoms with Gasteiger partial charge in [0, 0.05) is 14.1 Å². The van der Waals surface area contributed by atoms with Gasteiger partial charge >= 0.3 is 6.09 Å². The third-order valence-corrected chi connectivity index (χ3v) is 0.498. The first-order chi connectivity index (χ1) is 3.68. The molecule has 4 nitrogen and oxygen atoms in total. The molecule has 0 fully saturated rings. The van der Waals surface area contributed by atoms with Crippen molar-refractivity contribution in [3.63, 3.8) is 0 Å². The third kappa shape index (κ3) is 2.03. The first-order valence-corrected chi connectivity index (χ1v) is 1.95. The van der Waals surface area contributed by atoms with E-state index in [9.17, 15) is 4.79 Å². The summed E-state index contributed by atoms with van der Waals surface area (Å²) in [5.74, 6) is 0. The lowest BCUT2D eigenvalue weighted by Crippen LogP contribution is -2.20. The molecule has 0 atom stereocenters. The van der Waals surface area contributed by atoms with Gasteiger partial charge in [-0.05, 0) is 0 Å². The molecule has 0 saturated carbocycles. The molecule has 4 heteroatoms. The predicted octanol–water partition coefficient (Wildman–Crippen LogP) is 0.166. The van der Waals surface area contributed by atoms with Gasteiger partial charge in [-0.15, -0.1) is 5.26 Å². The zero-order chi connectivity index (χ0) is 6.57. The van der Waals surface area contributed by atoms with E-state index in [-0.39, 0.29) is 0 Å². The van der Waals surface area contributed by atoms with Gasteiger partial charge < -0.3 is 9.64 Å². The molecule has 1 amide bonds. The number of hydrogen-bond acceptors (Lipinski definition) is 3. The molecule has 0 bridgehead atoms. The summed E-state index contributed by atoms with van der Waals surface area (Å²) < 4.78 is 3.90. The van der Waals surface area contributed by atoms with E-state index in [0.717, 1.165) is 0 Å². The van der Waals surface area contributed by atoms with Gasteiger partial charge in [0.2, 0.25) is 0 Å². The first-order valence-electron chi connectivity index (χ1n) is 1.95. The molecule has 0 aromatic heterocycles. The number of carbonyl (C=O) groups is 1. The lowest BCUT2D eigenvalue weighted by molar-refractivity contribution is 0.161. The van der Waals surface area contributed by atoms with Gasteiger partial charge in [0.25, 0.3) is 6.26 Å². The monoisotopic (exact) mass is 114 g/mol. The van der Waals surface area contributed by atoms with E-state index < -0.39 is 6.09 Å². The molecule has 0 rings (SSSR count). The molecular formula is C4H6N2O2. The van der Waals surface area contributed by atoms with E-state index in [2.05, 4.69) is 4.74 Å². The zero-order valence-corrected chi connectivity index (χ0v) is 4.71. The highest BCUT2D eigenvalue weighted by Gasteiger charge is 2.01. The lowest BCUT2D eigenvalue weighted by atomic mass is 10.9. The van der Waals surface area contributed by atoms with Gasteiger partial charge in [0.05, 0.1) is 0 Å². The summed E-state index contributed by atoms with van der Waals surface area (Å²) in [6, 6.07) is 0. The molecule has 0 unspecified atom stereocenters. The van der Waals surface area contributed by atoms with Crippen molar-refractivity contribution in [1.29, 1.82) is 5.26 Å². The molecule has 0 N–H and O–H groups in total. The van der Waals surface area contributed by atoms with E-state index in [0.29, 0.717) is 0 Å². The molecule has 0 spiro atoms. The van der Waals surface area contributed by atoms with Crippen LogP contribution in [0.5, 0.6) is 0 Å². The van der Waals surface area contributed by atoms with Crippen LogP contribution in [0.3, 0.4) is 0 Å². The summed E-state index contributed by atoms with van der Waals surface area (Å²) in [6.07, 6.45) is 0.612. The van der Waals surface area contributed by atoms with Crippen molar-refractivity contribution >= 4 is 6.09 Å². The van der Waals surface area contributed by atoms with Crippen LogP contribution in [0.15, 0.2) is 0 Å². The minimum Gasteiger partial charge on any atom is -0.334 e. The van der Waals surface area contributed by atoms with Crippen LogP contribution in [0.1, 0.15) is 0 Å². The second-order valence-corrected chi connectivity index (χ2v) is 1.35. The maximum atomic E-state index is 10.2. The summed E-state index contributed by atoms with van der Waals surface area (Å²) in [5.41, 5.74) is 0. The summed E-state index contributed by atoms with van der Waals surface area (Å²) in [4.78, 5) is 11.4. The lowest BCUT2D eigenvalue weighted by Gasteiger charge is -2.03.